The lowest BCUT2D eigenvalue weighted by atomic mass is 10.1. The second-order valence-electron chi connectivity index (χ2n) is 5.05. The molecule has 104 valence electrons. The molecule has 3 nitrogen and oxygen atoms in total. The number of aromatic nitrogens is 2. The van der Waals surface area contributed by atoms with E-state index in [1.54, 1.807) is 0 Å². The molecule has 0 amide bonds. The van der Waals surface area contributed by atoms with Crippen molar-refractivity contribution < 1.29 is 4.74 Å². The Morgan fingerprint density at radius 1 is 1.37 bits per heavy atom. The number of nitrogens with one attached hydrogen (secondary N) is 1. The van der Waals surface area contributed by atoms with Crippen molar-refractivity contribution in [2.45, 2.75) is 40.2 Å². The molecule has 0 bridgehead atoms. The van der Waals surface area contributed by atoms with E-state index in [0.717, 1.165) is 47.5 Å². The summed E-state index contributed by atoms with van der Waals surface area (Å²) >= 11 is 5.44. The molecule has 1 aromatic heterocycles. The molecule has 0 fully saturated rings. The molecule has 0 aliphatic carbocycles. The number of aromatic amines is 1. The molecule has 2 rings (SSSR count). The van der Waals surface area contributed by atoms with Crippen molar-refractivity contribution in [3.05, 3.63) is 23.0 Å². The van der Waals surface area contributed by atoms with Crippen LogP contribution >= 0.6 is 12.2 Å². The number of imidazole rings is 1. The van der Waals surface area contributed by atoms with Crippen molar-refractivity contribution in [3.8, 4) is 5.75 Å². The van der Waals surface area contributed by atoms with Crippen LogP contribution in [0.15, 0.2) is 18.2 Å². The molecular formula is C15H22N2OS. The van der Waals surface area contributed by atoms with E-state index in [2.05, 4.69) is 36.4 Å². The third-order valence-corrected chi connectivity index (χ3v) is 3.75. The minimum Gasteiger partial charge on any atom is -0.491 e. The van der Waals surface area contributed by atoms with E-state index in [1.165, 1.54) is 0 Å². The summed E-state index contributed by atoms with van der Waals surface area (Å²) in [7, 11) is 0. The van der Waals surface area contributed by atoms with Gasteiger partial charge in [-0.05, 0) is 36.7 Å². The zero-order chi connectivity index (χ0) is 13.8. The van der Waals surface area contributed by atoms with E-state index in [1.807, 2.05) is 12.1 Å². The number of benzene rings is 1. The van der Waals surface area contributed by atoms with Crippen molar-refractivity contribution >= 4 is 23.3 Å². The van der Waals surface area contributed by atoms with Gasteiger partial charge in [-0.3, -0.25) is 0 Å². The summed E-state index contributed by atoms with van der Waals surface area (Å²) in [5.41, 5.74) is 2.16. The Morgan fingerprint density at radius 3 is 2.84 bits per heavy atom. The molecule has 0 aliphatic heterocycles. The Bertz CT molecular complexity index is 600. The van der Waals surface area contributed by atoms with Crippen molar-refractivity contribution in [1.82, 2.24) is 9.55 Å². The maximum atomic E-state index is 5.78. The molecule has 0 radical (unpaired) electrons. The van der Waals surface area contributed by atoms with Gasteiger partial charge >= 0.3 is 0 Å². The fraction of sp³-hybridized carbons (Fsp3) is 0.533. The first-order valence-electron chi connectivity index (χ1n) is 7.01. The van der Waals surface area contributed by atoms with Crippen LogP contribution in [0.25, 0.3) is 11.0 Å². The van der Waals surface area contributed by atoms with Crippen molar-refractivity contribution in [2.75, 3.05) is 6.61 Å². The third kappa shape index (κ3) is 3.00. The number of fused-ring (bicyclic) bond motifs is 1. The van der Waals surface area contributed by atoms with Crippen LogP contribution in [-0.2, 0) is 6.54 Å². The lowest BCUT2D eigenvalue weighted by Crippen LogP contribution is -2.06. The predicted octanol–water partition coefficient (Wildman–Crippen LogP) is 4.53. The van der Waals surface area contributed by atoms with Gasteiger partial charge in [-0.15, -0.1) is 0 Å². The molecular weight excluding hydrogens is 256 g/mol. The predicted molar refractivity (Wildman–Crippen MR) is 82.4 cm³/mol. The number of para-hydroxylation sites is 1. The quantitative estimate of drug-likeness (QED) is 0.787. The van der Waals surface area contributed by atoms with Gasteiger partial charge in [0.25, 0.3) is 0 Å². The largest absolute Gasteiger partial charge is 0.491 e. The van der Waals surface area contributed by atoms with E-state index in [-0.39, 0.29) is 0 Å². The van der Waals surface area contributed by atoms with Gasteiger partial charge < -0.3 is 14.3 Å². The van der Waals surface area contributed by atoms with Gasteiger partial charge in [0, 0.05) is 6.54 Å². The number of hydrogen-bond acceptors (Lipinski definition) is 2. The number of rotatable bonds is 6. The number of ether oxygens (including phenoxy) is 1. The lowest BCUT2D eigenvalue weighted by Gasteiger charge is -2.11. The first-order chi connectivity index (χ1) is 9.17. The second-order valence-corrected chi connectivity index (χ2v) is 5.44. The molecule has 0 saturated heterocycles. The average molecular weight is 278 g/mol. The van der Waals surface area contributed by atoms with Gasteiger partial charge in [-0.2, -0.15) is 0 Å². The molecule has 1 N–H and O–H groups in total. The van der Waals surface area contributed by atoms with E-state index >= 15 is 0 Å². The molecule has 1 atom stereocenters. The van der Waals surface area contributed by atoms with Gasteiger partial charge in [0.2, 0.25) is 0 Å². The summed E-state index contributed by atoms with van der Waals surface area (Å²) in [6, 6.07) is 6.13. The summed E-state index contributed by atoms with van der Waals surface area (Å²) in [5.74, 6) is 1.51. The zero-order valence-electron chi connectivity index (χ0n) is 11.9. The van der Waals surface area contributed by atoms with Gasteiger partial charge in [-0.1, -0.05) is 33.3 Å². The average Bonchev–Trinajstić information content (AvgIpc) is 2.73. The van der Waals surface area contributed by atoms with Crippen LogP contribution < -0.4 is 4.74 Å². The van der Waals surface area contributed by atoms with Crippen molar-refractivity contribution in [1.29, 1.82) is 0 Å². The highest BCUT2D eigenvalue weighted by Gasteiger charge is 2.10. The van der Waals surface area contributed by atoms with Gasteiger partial charge in [0.15, 0.2) is 4.77 Å². The van der Waals surface area contributed by atoms with Crippen LogP contribution in [0.3, 0.4) is 0 Å². The Balaban J connectivity index is 2.43. The summed E-state index contributed by atoms with van der Waals surface area (Å²) in [6.07, 6.45) is 2.16. The van der Waals surface area contributed by atoms with Crippen LogP contribution in [0.4, 0.5) is 0 Å². The molecule has 2 aromatic rings. The molecule has 0 spiro atoms. The standard InChI is InChI=1S/C15H22N2OS/c1-4-9-18-13-8-6-7-12-14(13)16-15(19)17(12)10-11(3)5-2/h6-8,11H,4-5,9-10H2,1-3H3,(H,16,19). The highest BCUT2D eigenvalue weighted by molar-refractivity contribution is 7.71. The monoisotopic (exact) mass is 278 g/mol. The Kier molecular flexibility index (Phi) is 4.64. The fourth-order valence-corrected chi connectivity index (χ4v) is 2.38. The van der Waals surface area contributed by atoms with Crippen LogP contribution in [0.2, 0.25) is 0 Å². The van der Waals surface area contributed by atoms with E-state index < -0.39 is 0 Å². The van der Waals surface area contributed by atoms with Gasteiger partial charge in [-0.25, -0.2) is 0 Å². The van der Waals surface area contributed by atoms with E-state index in [0.29, 0.717) is 5.92 Å². The summed E-state index contributed by atoms with van der Waals surface area (Å²) < 4.78 is 8.74. The van der Waals surface area contributed by atoms with Crippen LogP contribution in [-0.4, -0.2) is 16.2 Å². The second kappa shape index (κ2) is 6.24. The molecule has 4 heteroatoms. The molecule has 1 unspecified atom stereocenters. The van der Waals surface area contributed by atoms with E-state index in [9.17, 15) is 0 Å². The topological polar surface area (TPSA) is 29.9 Å². The third-order valence-electron chi connectivity index (χ3n) is 3.42. The van der Waals surface area contributed by atoms with Gasteiger partial charge in [0.1, 0.15) is 11.3 Å². The van der Waals surface area contributed by atoms with Crippen LogP contribution in [0.5, 0.6) is 5.75 Å². The summed E-state index contributed by atoms with van der Waals surface area (Å²) in [5, 5.41) is 0. The molecule has 1 heterocycles. The maximum absolute atomic E-state index is 5.78. The molecule has 1 aromatic carbocycles. The Hall–Kier alpha value is -1.29. The lowest BCUT2D eigenvalue weighted by molar-refractivity contribution is 0.320. The normalized spacial score (nSPS) is 12.8. The first-order valence-corrected chi connectivity index (χ1v) is 7.42. The Morgan fingerprint density at radius 2 is 2.16 bits per heavy atom. The van der Waals surface area contributed by atoms with Crippen LogP contribution in [0.1, 0.15) is 33.6 Å². The fourth-order valence-electron chi connectivity index (χ4n) is 2.11. The minimum absolute atomic E-state index is 0.617. The first kappa shape index (κ1) is 14.1. The molecule has 0 saturated carbocycles. The maximum Gasteiger partial charge on any atom is 0.178 e. The van der Waals surface area contributed by atoms with Crippen molar-refractivity contribution in [2.24, 2.45) is 5.92 Å². The summed E-state index contributed by atoms with van der Waals surface area (Å²) in [6.45, 7) is 8.25. The summed E-state index contributed by atoms with van der Waals surface area (Å²) in [4.78, 5) is 3.29. The SMILES string of the molecule is CCCOc1cccc2c1[nH]c(=S)n2CC(C)CC. The minimum atomic E-state index is 0.617. The molecule has 0 aliphatic rings. The molecule has 19 heavy (non-hydrogen) atoms. The van der Waals surface area contributed by atoms with E-state index in [4.69, 9.17) is 17.0 Å². The highest BCUT2D eigenvalue weighted by Crippen LogP contribution is 2.26. The zero-order valence-corrected chi connectivity index (χ0v) is 12.7. The highest BCUT2D eigenvalue weighted by atomic mass is 32.1. The van der Waals surface area contributed by atoms with Crippen molar-refractivity contribution in [3.63, 3.8) is 0 Å². The number of nitrogens with zero attached hydrogens (tertiary/aromatic N) is 1. The number of hydrogen-bond donors (Lipinski definition) is 1. The Labute approximate surface area is 119 Å². The van der Waals surface area contributed by atoms with Crippen LogP contribution in [0, 0.1) is 10.7 Å². The smallest absolute Gasteiger partial charge is 0.178 e. The van der Waals surface area contributed by atoms with Gasteiger partial charge in [0.05, 0.1) is 12.1 Å². The number of H-pyrrole nitrogens is 1.